The van der Waals surface area contributed by atoms with Gasteiger partial charge in [0.1, 0.15) is 39.4 Å². The maximum atomic E-state index is 12.7. The van der Waals surface area contributed by atoms with Gasteiger partial charge in [-0.3, -0.25) is 9.59 Å². The molecule has 5 saturated heterocycles. The molecule has 0 bridgehead atoms. The molecule has 12 heterocycles. The van der Waals surface area contributed by atoms with Gasteiger partial charge in [-0.15, -0.1) is 22.7 Å². The zero-order chi connectivity index (χ0) is 105. The van der Waals surface area contributed by atoms with Crippen LogP contribution in [-0.4, -0.2) is 228 Å². The molecule has 770 valence electrons. The van der Waals surface area contributed by atoms with Crippen LogP contribution in [0.5, 0.6) is 10.8 Å². The lowest BCUT2D eigenvalue weighted by atomic mass is 9.79. The number of aliphatic hydroxyl groups is 3. The Morgan fingerprint density at radius 3 is 1.09 bits per heavy atom. The van der Waals surface area contributed by atoms with E-state index in [0.717, 1.165) is 211 Å². The zero-order valence-electron chi connectivity index (χ0n) is 81.3. The fourth-order valence-electron chi connectivity index (χ4n) is 16.4. The Kier molecular flexibility index (Phi) is 39.6. The summed E-state index contributed by atoms with van der Waals surface area (Å²) in [4.78, 5) is 34.5. The number of benzene rings is 10. The van der Waals surface area contributed by atoms with Gasteiger partial charge in [0.15, 0.2) is 50.3 Å². The SMILES string of the molecule is Brc1cc(N2CCCC2)c2nonc2c1.CB(O)O.CC(=O)c1cccc(-c2cc(N3CCCC3)c3nonc3c2)c1.CC(=O)c1cccc(B(O)O)c1.CC(O)C(F)(F)F.CC(O)c1cccc(-c2cc(N3CCCC3)c3nonc3c2)c1.COc1ccc(B(O)O)s1.COc1ccccc1.OC(c1ccc(-c2cc(N3CCCC3)c3nonc3c2)s1)C(F)(F)F.c1ccc(-c2cc(N3CCCC3)c3nonc3c2)cc1. The molecule has 45 heteroatoms. The van der Waals surface area contributed by atoms with E-state index in [1.54, 1.807) is 70.5 Å². The minimum Gasteiger partial charge on any atom is -0.497 e. The van der Waals surface area contributed by atoms with Gasteiger partial charge in [0.05, 0.1) is 48.8 Å². The van der Waals surface area contributed by atoms with Gasteiger partial charge < -0.3 is 79.4 Å². The molecule has 5 aliphatic rings. The molecule has 10 aromatic carbocycles. The molecule has 7 aromatic heterocycles. The Hall–Kier alpha value is -13.6. The van der Waals surface area contributed by atoms with Crippen molar-refractivity contribution in [2.75, 3.05) is 104 Å². The number of ketones is 2. The summed E-state index contributed by atoms with van der Waals surface area (Å²) < 4.78 is 107. The van der Waals surface area contributed by atoms with Crippen LogP contribution in [0.25, 0.3) is 99.0 Å². The van der Waals surface area contributed by atoms with Gasteiger partial charge >= 0.3 is 33.7 Å². The number of Topliss-reactive ketones (excluding diaryl/α,β-unsaturated/α-hetero) is 2. The first-order chi connectivity index (χ1) is 70.6. The van der Waals surface area contributed by atoms with Crippen LogP contribution in [0.3, 0.4) is 0 Å². The van der Waals surface area contributed by atoms with E-state index in [9.17, 15) is 46.1 Å². The summed E-state index contributed by atoms with van der Waals surface area (Å²) in [6, 6.07) is 68.3. The van der Waals surface area contributed by atoms with Crippen LogP contribution in [0, 0.1) is 0 Å². The summed E-state index contributed by atoms with van der Waals surface area (Å²) in [7, 11) is -0.854. The number of para-hydroxylation sites is 1. The first-order valence-electron chi connectivity index (χ1n) is 47.3. The monoisotopic (exact) mass is 2120 g/mol. The molecule has 5 fully saturated rings. The average molecular weight is 2120 g/mol. The molecule has 0 amide bonds. The minimum atomic E-state index is -4.68. The average Bonchev–Trinajstić information content (AvgIpc) is 1.73. The number of hydrogen-bond donors (Lipinski definition) is 9. The van der Waals surface area contributed by atoms with Crippen molar-refractivity contribution in [3.05, 3.63) is 244 Å². The number of alkyl halides is 6. The number of halogens is 7. The smallest absolute Gasteiger partial charge is 0.497 e. The van der Waals surface area contributed by atoms with E-state index < -0.39 is 52.0 Å². The minimum absolute atomic E-state index is 0.0656. The number of aliphatic hydroxyl groups excluding tert-OH is 3. The molecule has 0 aliphatic carbocycles. The number of ether oxygens (including phenoxy) is 2. The third-order valence-corrected chi connectivity index (χ3v) is 26.6. The van der Waals surface area contributed by atoms with E-state index >= 15 is 0 Å². The van der Waals surface area contributed by atoms with Gasteiger partial charge in [0.25, 0.3) is 0 Å². The van der Waals surface area contributed by atoms with E-state index in [0.29, 0.717) is 49.3 Å². The Morgan fingerprint density at radius 1 is 0.381 bits per heavy atom. The Labute approximate surface area is 858 Å². The maximum absolute atomic E-state index is 12.7. The second-order valence-electron chi connectivity index (χ2n) is 34.6. The van der Waals surface area contributed by atoms with Crippen LogP contribution < -0.4 is 44.2 Å². The van der Waals surface area contributed by atoms with Crippen LogP contribution >= 0.6 is 38.6 Å². The zero-order valence-corrected chi connectivity index (χ0v) is 84.5. The van der Waals surface area contributed by atoms with Crippen molar-refractivity contribution in [1.29, 1.82) is 0 Å². The maximum Gasteiger partial charge on any atom is 0.499 e. The molecule has 0 saturated carbocycles. The molecule has 147 heavy (non-hydrogen) atoms. The number of rotatable bonds is 17. The Balaban J connectivity index is 0.000000141. The highest BCUT2D eigenvalue weighted by Gasteiger charge is 2.41. The van der Waals surface area contributed by atoms with Gasteiger partial charge in [-0.25, -0.2) is 23.1 Å². The Morgan fingerprint density at radius 2 is 0.735 bits per heavy atom. The first kappa shape index (κ1) is 111. The summed E-state index contributed by atoms with van der Waals surface area (Å²) in [6.07, 6.45) is -2.35. The predicted molar refractivity (Wildman–Crippen MR) is 559 cm³/mol. The Bertz CT molecular complexity index is 7070. The van der Waals surface area contributed by atoms with E-state index in [4.69, 9.17) is 67.9 Å². The molecule has 3 unspecified atom stereocenters. The number of anilines is 5. The second kappa shape index (κ2) is 52.7. The third kappa shape index (κ3) is 30.6. The van der Waals surface area contributed by atoms with E-state index in [2.05, 4.69) is 141 Å². The van der Waals surface area contributed by atoms with E-state index in [1.165, 1.54) is 94.1 Å². The van der Waals surface area contributed by atoms with Gasteiger partial charge in [-0.2, -0.15) is 26.3 Å². The first-order valence-corrected chi connectivity index (χ1v) is 49.7. The molecule has 5 aliphatic heterocycles. The second-order valence-corrected chi connectivity index (χ2v) is 37.8. The number of hydrogen-bond acceptors (Lipinski definition) is 35. The van der Waals surface area contributed by atoms with Crippen molar-refractivity contribution >= 4 is 165 Å². The highest BCUT2D eigenvalue weighted by molar-refractivity contribution is 9.10. The molecular weight excluding hydrogens is 2010 g/mol. The van der Waals surface area contributed by atoms with Crippen molar-refractivity contribution in [1.82, 2.24) is 51.6 Å². The molecule has 9 N–H and O–H groups in total. The lowest BCUT2D eigenvalue weighted by molar-refractivity contribution is -0.205. The standard InChI is InChI=1S/C18H19N3O2.C18H17N3O2.C16H14F3N3O2S.C16H15N3O.C10H10BrN3O.C8H9BO3.C7H8O.C5H7BO3S.C3H5F3O.CH5BO2/c2*1-12(22)13-5-4-6-14(9-13)15-10-16-18(20-23-19-16)17(11-15)21-7-2-3-8-21;17-16(18,19)15(23)13-4-3-12(25-13)9-7-10-14(21-24-20-10)11(8-9)22-5-1-2-6-22;1-2-6-12(7-3-1)13-10-14-16(18-20-17-14)15(11-13)19-8-4-5-9-19;11-7-5-8-10(13-15-12-8)9(6-7)14-3-1-2-4-14;1-6(10)7-3-2-4-8(5-7)9(11)12;1-8-7-5-3-2-4-6-7;1-9-5-3-2-4(10-5)6(7)8;1-2(7)3(4,5)6;1-2(3)4/h4-6,9-12,22H,2-3,7-8H2,1H3;4-6,9-11H,2-3,7-8H2,1H3;3-4,7-8,15,23H,1-2,5-6H2;1-3,6-7,10-11H,4-5,8-9H2;5-6H,1-4H2;2-5,11-12H,1H3;2-6H,1H3;2-3,7-8H,1H3;2,7H,1H3;3-4H,1H3. The highest BCUT2D eigenvalue weighted by atomic mass is 79.9. The van der Waals surface area contributed by atoms with Crippen molar-refractivity contribution < 1.29 is 114 Å². The summed E-state index contributed by atoms with van der Waals surface area (Å²) in [5.74, 6) is 0.890. The van der Waals surface area contributed by atoms with Crippen LogP contribution in [0.1, 0.15) is 135 Å². The number of carbonyl (C=O) groups excluding carboxylic acids is 2. The molecule has 0 radical (unpaired) electrons. The summed E-state index contributed by atoms with van der Waals surface area (Å²) in [5.41, 5.74) is 22.7. The molecule has 3 atom stereocenters. The molecule has 0 spiro atoms. The van der Waals surface area contributed by atoms with Crippen LogP contribution in [0.2, 0.25) is 6.82 Å². The number of fused-ring (bicyclic) bond motifs is 5. The quantitative estimate of drug-likeness (QED) is 0.0232. The van der Waals surface area contributed by atoms with E-state index in [-0.39, 0.29) is 16.4 Å². The molecule has 22 rings (SSSR count). The van der Waals surface area contributed by atoms with Gasteiger partial charge in [0, 0.05) is 95.6 Å². The number of nitrogens with zero attached hydrogens (tertiary/aromatic N) is 15. The summed E-state index contributed by atoms with van der Waals surface area (Å²) in [5, 5.41) is 118. The predicted octanol–water partition coefficient (Wildman–Crippen LogP) is 18.2. The van der Waals surface area contributed by atoms with E-state index in [1.807, 2.05) is 115 Å². The fraction of sp³-hybridized carbons (Fsp3) is 0.314. The number of aromatic nitrogens is 10. The third-order valence-electron chi connectivity index (χ3n) is 23.9. The van der Waals surface area contributed by atoms with Crippen LogP contribution in [-0.2, 0) is 0 Å². The largest absolute Gasteiger partial charge is 0.499 e. The molecule has 17 aromatic rings. The molecular formula is C102H109B3BrF6N15O18S2. The number of carbonyl (C=O) groups is 2. The lowest BCUT2D eigenvalue weighted by Crippen LogP contribution is -2.30. The van der Waals surface area contributed by atoms with Gasteiger partial charge in [-0.1, -0.05) is 125 Å². The lowest BCUT2D eigenvalue weighted by Gasteiger charge is -2.18. The fourth-order valence-corrected chi connectivity index (χ4v) is 18.5. The van der Waals surface area contributed by atoms with Crippen molar-refractivity contribution in [2.45, 2.75) is 129 Å². The molecule has 33 nitrogen and oxygen atoms in total. The van der Waals surface area contributed by atoms with Crippen molar-refractivity contribution in [3.8, 4) is 54.6 Å². The van der Waals surface area contributed by atoms with Crippen molar-refractivity contribution in [2.24, 2.45) is 0 Å². The summed E-state index contributed by atoms with van der Waals surface area (Å²) in [6.45, 7) is 17.0. The van der Waals surface area contributed by atoms with Gasteiger partial charge in [-0.05, 0) is 309 Å². The topological polar surface area (TPSA) is 445 Å². The van der Waals surface area contributed by atoms with Gasteiger partial charge in [0.2, 0.25) is 0 Å². The van der Waals surface area contributed by atoms with Crippen molar-refractivity contribution in [3.63, 3.8) is 0 Å². The van der Waals surface area contributed by atoms with Crippen LogP contribution in [0.4, 0.5) is 54.8 Å². The number of methoxy groups -OCH3 is 2. The summed E-state index contributed by atoms with van der Waals surface area (Å²) >= 11 is 5.61. The highest BCUT2D eigenvalue weighted by Crippen LogP contribution is 2.44. The van der Waals surface area contributed by atoms with Crippen LogP contribution in [0.15, 0.2) is 246 Å². The number of thiophene rings is 2. The normalized spacial score (nSPS) is 14.3.